The van der Waals surface area contributed by atoms with Crippen molar-refractivity contribution in [2.45, 2.75) is 43.5 Å². The number of benzene rings is 2. The van der Waals surface area contributed by atoms with E-state index in [-0.39, 0.29) is 23.4 Å². The molecule has 1 amide bonds. The van der Waals surface area contributed by atoms with Gasteiger partial charge in [-0.1, -0.05) is 42.6 Å². The van der Waals surface area contributed by atoms with Crippen LogP contribution in [-0.4, -0.2) is 38.3 Å². The number of rotatable bonds is 7. The monoisotopic (exact) mass is 449 g/mol. The van der Waals surface area contributed by atoms with E-state index in [1.54, 1.807) is 22.5 Å². The van der Waals surface area contributed by atoms with E-state index in [9.17, 15) is 13.2 Å². The molecule has 0 unspecified atom stereocenters. The number of sulfonamides is 1. The summed E-state index contributed by atoms with van der Waals surface area (Å²) in [7, 11) is -3.55. The summed E-state index contributed by atoms with van der Waals surface area (Å²) in [6, 6.07) is 13.9. The molecule has 2 aromatic rings. The zero-order valence-electron chi connectivity index (χ0n) is 17.1. The van der Waals surface area contributed by atoms with Gasteiger partial charge in [0.05, 0.1) is 11.4 Å². The summed E-state index contributed by atoms with van der Waals surface area (Å²) >= 11 is 5.91. The van der Waals surface area contributed by atoms with Crippen LogP contribution in [0.1, 0.15) is 44.2 Å². The lowest BCUT2D eigenvalue weighted by molar-refractivity contribution is -0.115. The van der Waals surface area contributed by atoms with Gasteiger partial charge in [0, 0.05) is 29.8 Å². The average molecular weight is 450 g/mol. The first-order valence-electron chi connectivity index (χ1n) is 10.3. The predicted molar refractivity (Wildman–Crippen MR) is 120 cm³/mol. The van der Waals surface area contributed by atoms with E-state index in [1.165, 1.54) is 6.07 Å². The van der Waals surface area contributed by atoms with Crippen molar-refractivity contribution in [3.63, 3.8) is 0 Å². The van der Waals surface area contributed by atoms with Gasteiger partial charge in [0.15, 0.2) is 0 Å². The standard InChI is InChI=1S/C22H28ClN3O3S/c1-17(18-9-11-19(23)12-10-18)24-16-22(27)25-20-7-6-8-21(15-20)30(28,29)26-13-4-2-3-5-14-26/h6-12,15,17,24H,2-5,13-14,16H2,1H3,(H,25,27)/t17-/m0/s1. The molecule has 1 aliphatic heterocycles. The van der Waals surface area contributed by atoms with Gasteiger partial charge in [-0.05, 0) is 55.7 Å². The molecule has 1 fully saturated rings. The highest BCUT2D eigenvalue weighted by molar-refractivity contribution is 7.89. The summed E-state index contributed by atoms with van der Waals surface area (Å²) in [6.07, 6.45) is 3.88. The van der Waals surface area contributed by atoms with Crippen LogP contribution in [0, 0.1) is 0 Å². The SMILES string of the molecule is C[C@H](NCC(=O)Nc1cccc(S(=O)(=O)N2CCCCCC2)c1)c1ccc(Cl)cc1. The van der Waals surface area contributed by atoms with Crippen LogP contribution >= 0.6 is 11.6 Å². The zero-order valence-corrected chi connectivity index (χ0v) is 18.7. The third-order valence-electron chi connectivity index (χ3n) is 5.26. The lowest BCUT2D eigenvalue weighted by Crippen LogP contribution is -2.32. The molecular formula is C22H28ClN3O3S. The molecule has 0 spiro atoms. The largest absolute Gasteiger partial charge is 0.325 e. The van der Waals surface area contributed by atoms with Gasteiger partial charge in [-0.3, -0.25) is 4.79 Å². The summed E-state index contributed by atoms with van der Waals surface area (Å²) in [5, 5.41) is 6.61. The highest BCUT2D eigenvalue weighted by atomic mass is 35.5. The van der Waals surface area contributed by atoms with Crippen LogP contribution in [0.4, 0.5) is 5.69 Å². The fourth-order valence-corrected chi connectivity index (χ4v) is 5.18. The van der Waals surface area contributed by atoms with E-state index in [2.05, 4.69) is 10.6 Å². The average Bonchev–Trinajstić information content (AvgIpc) is 3.03. The van der Waals surface area contributed by atoms with Gasteiger partial charge in [-0.15, -0.1) is 0 Å². The third-order valence-corrected chi connectivity index (χ3v) is 7.41. The minimum atomic E-state index is -3.55. The zero-order chi connectivity index (χ0) is 21.6. The maximum absolute atomic E-state index is 13.0. The highest BCUT2D eigenvalue weighted by Crippen LogP contribution is 2.23. The number of nitrogens with zero attached hydrogens (tertiary/aromatic N) is 1. The van der Waals surface area contributed by atoms with Crippen molar-refractivity contribution in [2.75, 3.05) is 25.0 Å². The Bertz CT molecular complexity index is 956. The van der Waals surface area contributed by atoms with Gasteiger partial charge < -0.3 is 10.6 Å². The number of carbonyl (C=O) groups is 1. The molecule has 1 saturated heterocycles. The molecule has 0 saturated carbocycles. The lowest BCUT2D eigenvalue weighted by Gasteiger charge is -2.20. The minimum absolute atomic E-state index is 0.0252. The minimum Gasteiger partial charge on any atom is -0.325 e. The molecule has 1 atom stereocenters. The first kappa shape index (κ1) is 22.7. The summed E-state index contributed by atoms with van der Waals surface area (Å²) in [5.41, 5.74) is 1.49. The summed E-state index contributed by atoms with van der Waals surface area (Å²) in [4.78, 5) is 12.6. The Kier molecular flexibility index (Phi) is 7.88. The Morgan fingerprint density at radius 1 is 1.07 bits per heavy atom. The molecule has 0 aromatic heterocycles. The molecular weight excluding hydrogens is 422 g/mol. The number of hydrogen-bond acceptors (Lipinski definition) is 4. The molecule has 6 nitrogen and oxygen atoms in total. The van der Waals surface area contributed by atoms with E-state index in [1.807, 2.05) is 31.2 Å². The molecule has 0 aliphatic carbocycles. The van der Waals surface area contributed by atoms with Crippen molar-refractivity contribution in [1.29, 1.82) is 0 Å². The first-order chi connectivity index (χ1) is 14.4. The lowest BCUT2D eigenvalue weighted by atomic mass is 10.1. The van der Waals surface area contributed by atoms with Crippen LogP contribution in [-0.2, 0) is 14.8 Å². The number of carbonyl (C=O) groups excluding carboxylic acids is 1. The van der Waals surface area contributed by atoms with Crippen LogP contribution < -0.4 is 10.6 Å². The third kappa shape index (κ3) is 6.04. The quantitative estimate of drug-likeness (QED) is 0.664. The Balaban J connectivity index is 1.60. The van der Waals surface area contributed by atoms with Crippen LogP contribution in [0.3, 0.4) is 0 Å². The van der Waals surface area contributed by atoms with Gasteiger partial charge in [-0.2, -0.15) is 4.31 Å². The molecule has 0 bridgehead atoms. The van der Waals surface area contributed by atoms with Crippen molar-refractivity contribution >= 4 is 33.2 Å². The molecule has 8 heteroatoms. The molecule has 162 valence electrons. The van der Waals surface area contributed by atoms with E-state index < -0.39 is 10.0 Å². The predicted octanol–water partition coefficient (Wildman–Crippen LogP) is 4.19. The van der Waals surface area contributed by atoms with Crippen LogP contribution in [0.2, 0.25) is 5.02 Å². The molecule has 1 aliphatic rings. The number of halogens is 1. The van der Waals surface area contributed by atoms with Gasteiger partial charge in [0.1, 0.15) is 0 Å². The molecule has 2 aromatic carbocycles. The first-order valence-corrected chi connectivity index (χ1v) is 12.1. The van der Waals surface area contributed by atoms with Gasteiger partial charge in [-0.25, -0.2) is 8.42 Å². The molecule has 3 rings (SSSR count). The second-order valence-corrected chi connectivity index (χ2v) is 9.92. The molecule has 1 heterocycles. The van der Waals surface area contributed by atoms with Crippen LogP contribution in [0.5, 0.6) is 0 Å². The smallest absolute Gasteiger partial charge is 0.243 e. The van der Waals surface area contributed by atoms with E-state index >= 15 is 0 Å². The Morgan fingerprint density at radius 3 is 2.40 bits per heavy atom. The normalized spacial score (nSPS) is 16.6. The summed E-state index contributed by atoms with van der Waals surface area (Å²) < 4.78 is 27.5. The van der Waals surface area contributed by atoms with Crippen molar-refractivity contribution in [1.82, 2.24) is 9.62 Å². The van der Waals surface area contributed by atoms with Crippen LogP contribution in [0.15, 0.2) is 53.4 Å². The van der Waals surface area contributed by atoms with Crippen molar-refractivity contribution in [3.05, 3.63) is 59.1 Å². The Morgan fingerprint density at radius 2 is 1.73 bits per heavy atom. The van der Waals surface area contributed by atoms with E-state index in [0.29, 0.717) is 23.8 Å². The molecule has 30 heavy (non-hydrogen) atoms. The van der Waals surface area contributed by atoms with E-state index in [0.717, 1.165) is 31.2 Å². The van der Waals surface area contributed by atoms with Crippen LogP contribution in [0.25, 0.3) is 0 Å². The number of amides is 1. The van der Waals surface area contributed by atoms with Gasteiger partial charge in [0.25, 0.3) is 0 Å². The second-order valence-electron chi connectivity index (χ2n) is 7.55. The van der Waals surface area contributed by atoms with Crippen molar-refractivity contribution < 1.29 is 13.2 Å². The number of anilines is 1. The maximum atomic E-state index is 13.0. The van der Waals surface area contributed by atoms with Crippen molar-refractivity contribution in [2.24, 2.45) is 0 Å². The van der Waals surface area contributed by atoms with Crippen molar-refractivity contribution in [3.8, 4) is 0 Å². The summed E-state index contributed by atoms with van der Waals surface area (Å²) in [5.74, 6) is -0.236. The highest BCUT2D eigenvalue weighted by Gasteiger charge is 2.25. The molecule has 2 N–H and O–H groups in total. The number of hydrogen-bond donors (Lipinski definition) is 2. The second kappa shape index (κ2) is 10.4. The van der Waals surface area contributed by atoms with Gasteiger partial charge >= 0.3 is 0 Å². The topological polar surface area (TPSA) is 78.5 Å². The Hall–Kier alpha value is -1.93. The fraction of sp³-hybridized carbons (Fsp3) is 0.409. The maximum Gasteiger partial charge on any atom is 0.243 e. The van der Waals surface area contributed by atoms with E-state index in [4.69, 9.17) is 11.6 Å². The number of nitrogens with one attached hydrogen (secondary N) is 2. The Labute approximate surface area is 183 Å². The van der Waals surface area contributed by atoms with Gasteiger partial charge in [0.2, 0.25) is 15.9 Å². The molecule has 0 radical (unpaired) electrons. The summed E-state index contributed by atoms with van der Waals surface area (Å²) in [6.45, 7) is 3.16. The fourth-order valence-electron chi connectivity index (χ4n) is 3.49.